The second-order valence-electron chi connectivity index (χ2n) is 7.78. The van der Waals surface area contributed by atoms with Crippen LogP contribution in [0.4, 0.5) is 4.79 Å². The van der Waals surface area contributed by atoms with Crippen LogP contribution in [-0.4, -0.2) is 54.6 Å². The van der Waals surface area contributed by atoms with E-state index >= 15 is 0 Å². The molecular formula is C22H33N3O3. The van der Waals surface area contributed by atoms with Crippen molar-refractivity contribution in [2.24, 2.45) is 5.92 Å². The molecule has 0 bridgehead atoms. The standard InChI is InChI=1S/C22H33N3O3/c1-2-28-21(26)18-10-14-25(15-11-18)22(27)23-16-19-8-4-5-9-20(19)17-24-12-6-3-7-13-24/h4-5,8-9,18H,2-3,6-7,10-17H2,1H3,(H,23,27). The van der Waals surface area contributed by atoms with Crippen LogP contribution < -0.4 is 5.32 Å². The number of nitrogens with zero attached hydrogens (tertiary/aromatic N) is 2. The van der Waals surface area contributed by atoms with Gasteiger partial charge in [0.2, 0.25) is 0 Å². The summed E-state index contributed by atoms with van der Waals surface area (Å²) in [6.45, 7) is 7.26. The first-order valence-electron chi connectivity index (χ1n) is 10.7. The lowest BCUT2D eigenvalue weighted by Gasteiger charge is -2.31. The molecule has 154 valence electrons. The van der Waals surface area contributed by atoms with Crippen molar-refractivity contribution < 1.29 is 14.3 Å². The Morgan fingerprint density at radius 1 is 1.04 bits per heavy atom. The van der Waals surface area contributed by atoms with Gasteiger partial charge >= 0.3 is 12.0 Å². The van der Waals surface area contributed by atoms with E-state index in [0.717, 1.165) is 19.6 Å². The van der Waals surface area contributed by atoms with Crippen molar-refractivity contribution in [3.05, 3.63) is 35.4 Å². The number of esters is 1. The molecule has 6 heteroatoms. The van der Waals surface area contributed by atoms with Crippen LogP contribution in [0.5, 0.6) is 0 Å². The van der Waals surface area contributed by atoms with Crippen LogP contribution in [0, 0.1) is 5.92 Å². The van der Waals surface area contributed by atoms with E-state index in [1.54, 1.807) is 0 Å². The monoisotopic (exact) mass is 387 g/mol. The van der Waals surface area contributed by atoms with Crippen molar-refractivity contribution in [2.45, 2.75) is 52.1 Å². The van der Waals surface area contributed by atoms with Gasteiger partial charge < -0.3 is 15.0 Å². The minimum absolute atomic E-state index is 0.0462. The van der Waals surface area contributed by atoms with Crippen molar-refractivity contribution >= 4 is 12.0 Å². The summed E-state index contributed by atoms with van der Waals surface area (Å²) in [7, 11) is 0. The summed E-state index contributed by atoms with van der Waals surface area (Å²) in [5.74, 6) is -0.205. The molecule has 6 nitrogen and oxygen atoms in total. The fourth-order valence-electron chi connectivity index (χ4n) is 4.10. The zero-order valence-electron chi connectivity index (χ0n) is 17.0. The predicted molar refractivity (Wildman–Crippen MR) is 109 cm³/mol. The van der Waals surface area contributed by atoms with Gasteiger partial charge in [-0.15, -0.1) is 0 Å². The molecule has 0 atom stereocenters. The van der Waals surface area contributed by atoms with Crippen LogP contribution in [0.15, 0.2) is 24.3 Å². The van der Waals surface area contributed by atoms with Crippen LogP contribution >= 0.6 is 0 Å². The minimum Gasteiger partial charge on any atom is -0.466 e. The third-order valence-corrected chi connectivity index (χ3v) is 5.79. The van der Waals surface area contributed by atoms with E-state index < -0.39 is 0 Å². The predicted octanol–water partition coefficient (Wildman–Crippen LogP) is 3.16. The maximum atomic E-state index is 12.6. The topological polar surface area (TPSA) is 61.9 Å². The van der Waals surface area contributed by atoms with E-state index in [2.05, 4.69) is 28.4 Å². The van der Waals surface area contributed by atoms with E-state index in [9.17, 15) is 9.59 Å². The van der Waals surface area contributed by atoms with Crippen LogP contribution in [0.1, 0.15) is 50.2 Å². The summed E-state index contributed by atoms with van der Waals surface area (Å²) in [5, 5.41) is 3.07. The lowest BCUT2D eigenvalue weighted by molar-refractivity contribution is -0.149. The maximum Gasteiger partial charge on any atom is 0.317 e. The van der Waals surface area contributed by atoms with E-state index in [1.807, 2.05) is 17.9 Å². The first-order chi connectivity index (χ1) is 13.7. The number of piperidine rings is 2. The van der Waals surface area contributed by atoms with E-state index in [0.29, 0.717) is 39.1 Å². The highest BCUT2D eigenvalue weighted by Crippen LogP contribution is 2.19. The quantitative estimate of drug-likeness (QED) is 0.762. The molecule has 1 N–H and O–H groups in total. The third-order valence-electron chi connectivity index (χ3n) is 5.79. The number of carbonyl (C=O) groups is 2. The molecule has 0 saturated carbocycles. The summed E-state index contributed by atoms with van der Waals surface area (Å²) in [6.07, 6.45) is 5.25. The van der Waals surface area contributed by atoms with Gasteiger partial charge in [-0.05, 0) is 56.8 Å². The molecule has 2 aliphatic rings. The molecule has 1 aromatic rings. The summed E-state index contributed by atoms with van der Waals surface area (Å²) in [6, 6.07) is 8.33. The number of amides is 2. The Labute approximate surface area is 168 Å². The molecular weight excluding hydrogens is 354 g/mol. The van der Waals surface area contributed by atoms with Crippen molar-refractivity contribution in [3.63, 3.8) is 0 Å². The summed E-state index contributed by atoms with van der Waals surface area (Å²) >= 11 is 0. The van der Waals surface area contributed by atoms with Gasteiger partial charge in [-0.25, -0.2) is 4.79 Å². The molecule has 0 aliphatic carbocycles. The Balaban J connectivity index is 1.48. The second-order valence-corrected chi connectivity index (χ2v) is 7.78. The third kappa shape index (κ3) is 5.71. The van der Waals surface area contributed by atoms with Crippen LogP contribution in [-0.2, 0) is 22.6 Å². The number of ether oxygens (including phenoxy) is 1. The van der Waals surface area contributed by atoms with E-state index in [-0.39, 0.29) is 17.9 Å². The molecule has 0 radical (unpaired) electrons. The average Bonchev–Trinajstić information content (AvgIpc) is 2.74. The zero-order chi connectivity index (χ0) is 19.8. The van der Waals surface area contributed by atoms with Gasteiger partial charge in [0, 0.05) is 26.2 Å². The van der Waals surface area contributed by atoms with E-state index in [1.165, 1.54) is 30.4 Å². The van der Waals surface area contributed by atoms with Gasteiger partial charge in [0.1, 0.15) is 0 Å². The van der Waals surface area contributed by atoms with Gasteiger partial charge in [0.25, 0.3) is 0 Å². The average molecular weight is 388 g/mol. The molecule has 2 fully saturated rings. The minimum atomic E-state index is -0.130. The molecule has 3 rings (SSSR count). The van der Waals surface area contributed by atoms with Crippen molar-refractivity contribution in [3.8, 4) is 0 Å². The highest BCUT2D eigenvalue weighted by Gasteiger charge is 2.28. The molecule has 0 spiro atoms. The molecule has 1 aromatic carbocycles. The Morgan fingerprint density at radius 2 is 1.71 bits per heavy atom. The van der Waals surface area contributed by atoms with Crippen LogP contribution in [0.3, 0.4) is 0 Å². The number of hydrogen-bond acceptors (Lipinski definition) is 4. The van der Waals surface area contributed by atoms with Crippen LogP contribution in [0.25, 0.3) is 0 Å². The number of rotatable bonds is 6. The van der Waals surface area contributed by atoms with E-state index in [4.69, 9.17) is 4.74 Å². The van der Waals surface area contributed by atoms with Gasteiger partial charge in [-0.2, -0.15) is 0 Å². The van der Waals surface area contributed by atoms with Gasteiger partial charge in [0.15, 0.2) is 0 Å². The van der Waals surface area contributed by atoms with Gasteiger partial charge in [-0.1, -0.05) is 30.7 Å². The number of urea groups is 1. The Morgan fingerprint density at radius 3 is 2.39 bits per heavy atom. The largest absolute Gasteiger partial charge is 0.466 e. The number of carbonyl (C=O) groups excluding carboxylic acids is 2. The van der Waals surface area contributed by atoms with Crippen LogP contribution in [0.2, 0.25) is 0 Å². The first-order valence-corrected chi connectivity index (χ1v) is 10.7. The Kier molecular flexibility index (Phi) is 7.71. The smallest absolute Gasteiger partial charge is 0.317 e. The summed E-state index contributed by atoms with van der Waals surface area (Å²) < 4.78 is 5.10. The molecule has 2 heterocycles. The SMILES string of the molecule is CCOC(=O)C1CCN(C(=O)NCc2ccccc2CN2CCCCC2)CC1. The lowest BCUT2D eigenvalue weighted by Crippen LogP contribution is -2.45. The fourth-order valence-corrected chi connectivity index (χ4v) is 4.10. The number of hydrogen-bond donors (Lipinski definition) is 1. The van der Waals surface area contributed by atoms with Crippen molar-refractivity contribution in [1.29, 1.82) is 0 Å². The van der Waals surface area contributed by atoms with Gasteiger partial charge in [-0.3, -0.25) is 9.69 Å². The maximum absolute atomic E-state index is 12.6. The molecule has 2 amide bonds. The highest BCUT2D eigenvalue weighted by molar-refractivity contribution is 5.76. The zero-order valence-corrected chi connectivity index (χ0v) is 17.0. The number of likely N-dealkylation sites (tertiary alicyclic amines) is 2. The molecule has 0 unspecified atom stereocenters. The normalized spacial score (nSPS) is 18.7. The molecule has 28 heavy (non-hydrogen) atoms. The molecule has 2 aliphatic heterocycles. The fraction of sp³-hybridized carbons (Fsp3) is 0.636. The highest BCUT2D eigenvalue weighted by atomic mass is 16.5. The molecule has 0 aromatic heterocycles. The number of benzene rings is 1. The first kappa shape index (κ1) is 20.6. The number of nitrogens with one attached hydrogen (secondary N) is 1. The Hall–Kier alpha value is -2.08. The molecule has 2 saturated heterocycles. The summed E-state index contributed by atoms with van der Waals surface area (Å²) in [4.78, 5) is 28.7. The van der Waals surface area contributed by atoms with Crippen molar-refractivity contribution in [1.82, 2.24) is 15.1 Å². The Bertz CT molecular complexity index is 650. The van der Waals surface area contributed by atoms with Crippen molar-refractivity contribution in [2.75, 3.05) is 32.8 Å². The lowest BCUT2D eigenvalue weighted by atomic mass is 9.97. The second kappa shape index (κ2) is 10.5. The van der Waals surface area contributed by atoms with Gasteiger partial charge in [0.05, 0.1) is 12.5 Å². The summed E-state index contributed by atoms with van der Waals surface area (Å²) in [5.41, 5.74) is 2.48.